The molecule has 0 saturated carbocycles. The second-order valence-corrected chi connectivity index (χ2v) is 6.48. The standard InChI is InChI=1S/C17H24BrNO2/c1-3-17(13-16(20)21-4-2,19-11-5-6-12-19)14-7-9-15(18)10-8-14/h7-10H,3-6,11-13H2,1-2H3. The fourth-order valence-corrected chi connectivity index (χ4v) is 3.57. The van der Waals surface area contributed by atoms with Crippen LogP contribution in [-0.2, 0) is 15.1 Å². The third kappa shape index (κ3) is 3.67. The first-order valence-corrected chi connectivity index (χ1v) is 8.58. The molecule has 0 radical (unpaired) electrons. The number of benzene rings is 1. The lowest BCUT2D eigenvalue weighted by atomic mass is 9.82. The topological polar surface area (TPSA) is 29.5 Å². The van der Waals surface area contributed by atoms with Crippen molar-refractivity contribution in [3.05, 3.63) is 34.3 Å². The Morgan fingerprint density at radius 3 is 2.38 bits per heavy atom. The van der Waals surface area contributed by atoms with Crippen molar-refractivity contribution in [3.63, 3.8) is 0 Å². The van der Waals surface area contributed by atoms with E-state index in [1.165, 1.54) is 18.4 Å². The van der Waals surface area contributed by atoms with E-state index in [0.29, 0.717) is 13.0 Å². The normalized spacial score (nSPS) is 18.4. The zero-order valence-corrected chi connectivity index (χ0v) is 14.5. The number of likely N-dealkylation sites (tertiary alicyclic amines) is 1. The Balaban J connectivity index is 2.35. The summed E-state index contributed by atoms with van der Waals surface area (Å²) in [4.78, 5) is 14.6. The Hall–Kier alpha value is -0.870. The lowest BCUT2D eigenvalue weighted by Crippen LogP contribution is -2.46. The molecule has 1 atom stereocenters. The molecule has 116 valence electrons. The van der Waals surface area contributed by atoms with Gasteiger partial charge in [0.15, 0.2) is 0 Å². The smallest absolute Gasteiger partial charge is 0.308 e. The van der Waals surface area contributed by atoms with Gasteiger partial charge in [0, 0.05) is 4.47 Å². The summed E-state index contributed by atoms with van der Waals surface area (Å²) < 4.78 is 6.29. The fourth-order valence-electron chi connectivity index (χ4n) is 3.31. The minimum absolute atomic E-state index is 0.103. The van der Waals surface area contributed by atoms with Crippen molar-refractivity contribution in [2.24, 2.45) is 0 Å². The molecule has 0 aliphatic carbocycles. The third-order valence-corrected chi connectivity index (χ3v) is 4.95. The second kappa shape index (κ2) is 7.41. The van der Waals surface area contributed by atoms with Crippen molar-refractivity contribution >= 4 is 21.9 Å². The Morgan fingerprint density at radius 2 is 1.86 bits per heavy atom. The number of esters is 1. The molecule has 0 aromatic heterocycles. The fraction of sp³-hybridized carbons (Fsp3) is 0.588. The van der Waals surface area contributed by atoms with Gasteiger partial charge < -0.3 is 4.74 Å². The number of rotatable bonds is 6. The molecule has 3 nitrogen and oxygen atoms in total. The average Bonchev–Trinajstić information content (AvgIpc) is 3.01. The maximum absolute atomic E-state index is 12.2. The molecule has 1 saturated heterocycles. The molecular weight excluding hydrogens is 330 g/mol. The summed E-state index contributed by atoms with van der Waals surface area (Å²) in [6.45, 7) is 6.59. The van der Waals surface area contributed by atoms with E-state index in [1.54, 1.807) is 0 Å². The van der Waals surface area contributed by atoms with Crippen molar-refractivity contribution in [2.75, 3.05) is 19.7 Å². The molecule has 1 unspecified atom stereocenters. The Kier molecular flexibility index (Phi) is 5.82. The van der Waals surface area contributed by atoms with Gasteiger partial charge in [-0.3, -0.25) is 9.69 Å². The number of carbonyl (C=O) groups excluding carboxylic acids is 1. The number of hydrogen-bond donors (Lipinski definition) is 0. The molecule has 1 aliphatic heterocycles. The van der Waals surface area contributed by atoms with Crippen LogP contribution in [0.2, 0.25) is 0 Å². The van der Waals surface area contributed by atoms with E-state index >= 15 is 0 Å². The van der Waals surface area contributed by atoms with Crippen LogP contribution in [0.15, 0.2) is 28.7 Å². The summed E-state index contributed by atoms with van der Waals surface area (Å²) in [6.07, 6.45) is 3.76. The molecule has 1 aromatic carbocycles. The van der Waals surface area contributed by atoms with Gasteiger partial charge >= 0.3 is 5.97 Å². The predicted molar refractivity (Wildman–Crippen MR) is 88.2 cm³/mol. The van der Waals surface area contributed by atoms with E-state index in [4.69, 9.17) is 4.74 Å². The lowest BCUT2D eigenvalue weighted by molar-refractivity contribution is -0.147. The minimum Gasteiger partial charge on any atom is -0.466 e. The van der Waals surface area contributed by atoms with Crippen LogP contribution in [0.5, 0.6) is 0 Å². The molecular formula is C17H24BrNO2. The lowest BCUT2D eigenvalue weighted by Gasteiger charge is -2.41. The Bertz CT molecular complexity index is 468. The van der Waals surface area contributed by atoms with Gasteiger partial charge in [-0.15, -0.1) is 0 Å². The second-order valence-electron chi connectivity index (χ2n) is 5.57. The van der Waals surface area contributed by atoms with Gasteiger partial charge in [-0.25, -0.2) is 0 Å². The van der Waals surface area contributed by atoms with Gasteiger partial charge in [-0.05, 0) is 57.0 Å². The summed E-state index contributed by atoms with van der Waals surface area (Å²) in [5, 5.41) is 0. The zero-order valence-electron chi connectivity index (χ0n) is 12.9. The van der Waals surface area contributed by atoms with Crippen LogP contribution in [0, 0.1) is 0 Å². The molecule has 1 heterocycles. The first-order valence-electron chi connectivity index (χ1n) is 7.79. The van der Waals surface area contributed by atoms with Gasteiger partial charge in [0.2, 0.25) is 0 Å². The van der Waals surface area contributed by atoms with E-state index < -0.39 is 0 Å². The van der Waals surface area contributed by atoms with Crippen LogP contribution >= 0.6 is 15.9 Å². The highest BCUT2D eigenvalue weighted by atomic mass is 79.9. The molecule has 4 heteroatoms. The van der Waals surface area contributed by atoms with E-state index in [2.05, 4.69) is 52.0 Å². The number of hydrogen-bond acceptors (Lipinski definition) is 3. The maximum Gasteiger partial charge on any atom is 0.308 e. The number of ether oxygens (including phenoxy) is 1. The average molecular weight is 354 g/mol. The highest BCUT2D eigenvalue weighted by Crippen LogP contribution is 2.38. The van der Waals surface area contributed by atoms with Crippen LogP contribution in [-0.4, -0.2) is 30.6 Å². The molecule has 0 amide bonds. The highest BCUT2D eigenvalue weighted by molar-refractivity contribution is 9.10. The highest BCUT2D eigenvalue weighted by Gasteiger charge is 2.40. The van der Waals surface area contributed by atoms with Crippen LogP contribution < -0.4 is 0 Å². The quantitative estimate of drug-likeness (QED) is 0.721. The summed E-state index contributed by atoms with van der Waals surface area (Å²) in [6, 6.07) is 8.37. The van der Waals surface area contributed by atoms with Gasteiger partial charge in [0.05, 0.1) is 18.6 Å². The molecule has 0 bridgehead atoms. The number of halogens is 1. The first-order chi connectivity index (χ1) is 10.1. The summed E-state index contributed by atoms with van der Waals surface area (Å²) in [7, 11) is 0. The van der Waals surface area contributed by atoms with Crippen LogP contribution in [0.3, 0.4) is 0 Å². The van der Waals surface area contributed by atoms with Crippen molar-refractivity contribution in [2.45, 2.75) is 45.1 Å². The van der Waals surface area contributed by atoms with Crippen molar-refractivity contribution in [3.8, 4) is 0 Å². The van der Waals surface area contributed by atoms with Gasteiger partial charge in [0.25, 0.3) is 0 Å². The van der Waals surface area contributed by atoms with E-state index in [-0.39, 0.29) is 11.5 Å². The number of nitrogens with zero attached hydrogens (tertiary/aromatic N) is 1. The molecule has 1 aromatic rings. The minimum atomic E-state index is -0.233. The molecule has 1 fully saturated rings. The zero-order chi connectivity index (χ0) is 15.3. The van der Waals surface area contributed by atoms with E-state index in [1.807, 2.05) is 6.92 Å². The monoisotopic (exact) mass is 353 g/mol. The molecule has 0 spiro atoms. The van der Waals surface area contributed by atoms with Crippen LogP contribution in [0.25, 0.3) is 0 Å². The van der Waals surface area contributed by atoms with Gasteiger partial charge in [-0.1, -0.05) is 35.0 Å². The van der Waals surface area contributed by atoms with Gasteiger partial charge in [-0.2, -0.15) is 0 Å². The van der Waals surface area contributed by atoms with Crippen LogP contribution in [0.1, 0.15) is 45.1 Å². The predicted octanol–water partition coefficient (Wildman–Crippen LogP) is 4.10. The maximum atomic E-state index is 12.2. The molecule has 0 N–H and O–H groups in total. The molecule has 21 heavy (non-hydrogen) atoms. The molecule has 1 aliphatic rings. The van der Waals surface area contributed by atoms with Gasteiger partial charge in [0.1, 0.15) is 0 Å². The summed E-state index contributed by atoms with van der Waals surface area (Å²) in [5.74, 6) is -0.103. The largest absolute Gasteiger partial charge is 0.466 e. The van der Waals surface area contributed by atoms with E-state index in [0.717, 1.165) is 24.0 Å². The SMILES string of the molecule is CCOC(=O)CC(CC)(c1ccc(Br)cc1)N1CCCC1. The van der Waals surface area contributed by atoms with Crippen LogP contribution in [0.4, 0.5) is 0 Å². The third-order valence-electron chi connectivity index (χ3n) is 4.42. The Labute approximate surface area is 135 Å². The first kappa shape index (κ1) is 16.5. The summed E-state index contributed by atoms with van der Waals surface area (Å²) >= 11 is 3.49. The van der Waals surface area contributed by atoms with Crippen molar-refractivity contribution < 1.29 is 9.53 Å². The van der Waals surface area contributed by atoms with Crippen molar-refractivity contribution in [1.29, 1.82) is 0 Å². The number of carbonyl (C=O) groups is 1. The molecule has 2 rings (SSSR count). The Morgan fingerprint density at radius 1 is 1.24 bits per heavy atom. The van der Waals surface area contributed by atoms with E-state index in [9.17, 15) is 4.79 Å². The van der Waals surface area contributed by atoms with Crippen molar-refractivity contribution in [1.82, 2.24) is 4.90 Å². The summed E-state index contributed by atoms with van der Waals surface area (Å²) in [5.41, 5.74) is 0.979.